The molecule has 176 valence electrons. The van der Waals surface area contributed by atoms with Crippen LogP contribution in [0.15, 0.2) is 41.3 Å². The lowest BCUT2D eigenvalue weighted by Gasteiger charge is -2.23. The van der Waals surface area contributed by atoms with Gasteiger partial charge < -0.3 is 27.1 Å². The number of nitrogens with zero attached hydrogens (tertiary/aromatic N) is 3. The van der Waals surface area contributed by atoms with Crippen LogP contribution in [0.5, 0.6) is 0 Å². The van der Waals surface area contributed by atoms with E-state index in [0.29, 0.717) is 18.7 Å². The first-order chi connectivity index (χ1) is 15.8. The molecule has 11 nitrogen and oxygen atoms in total. The maximum atomic E-state index is 12.5. The molecule has 9 N–H and O–H groups in total. The van der Waals surface area contributed by atoms with Crippen LogP contribution in [0.4, 0.5) is 0 Å². The lowest BCUT2D eigenvalue weighted by molar-refractivity contribution is 0.259. The van der Waals surface area contributed by atoms with E-state index in [1.807, 2.05) is 37.3 Å². The third-order valence-electron chi connectivity index (χ3n) is 5.20. The van der Waals surface area contributed by atoms with Gasteiger partial charge in [0.2, 0.25) is 0 Å². The van der Waals surface area contributed by atoms with Gasteiger partial charge in [-0.2, -0.15) is 4.98 Å². The Balaban J connectivity index is 1.66. The summed E-state index contributed by atoms with van der Waals surface area (Å²) in [5.74, 6) is -0.0546. The average Bonchev–Trinajstić information content (AvgIpc) is 3.12. The number of aryl methyl sites for hydroxylation is 1. The smallest absolute Gasteiger partial charge is 0.354 e. The molecule has 3 rings (SSSR count). The van der Waals surface area contributed by atoms with Crippen LogP contribution < -0.4 is 27.8 Å². The summed E-state index contributed by atoms with van der Waals surface area (Å²) in [6.07, 6.45) is 3.49. The second-order valence-electron chi connectivity index (χ2n) is 7.98. The van der Waals surface area contributed by atoms with E-state index in [0.717, 1.165) is 54.8 Å². The van der Waals surface area contributed by atoms with E-state index in [-0.39, 0.29) is 17.6 Å². The summed E-state index contributed by atoms with van der Waals surface area (Å²) >= 11 is 0. The molecule has 0 amide bonds. The van der Waals surface area contributed by atoms with Gasteiger partial charge in [-0.05, 0) is 43.5 Å². The van der Waals surface area contributed by atoms with E-state index in [1.165, 1.54) is 0 Å². The Labute approximate surface area is 192 Å². The van der Waals surface area contributed by atoms with Gasteiger partial charge in [-0.3, -0.25) is 20.3 Å². The highest BCUT2D eigenvalue weighted by molar-refractivity contribution is 5.75. The number of nitrogens with two attached hydrogens (primary N) is 2. The first-order valence-corrected chi connectivity index (χ1v) is 10.9. The maximum Gasteiger partial charge on any atom is 0.354 e. The Morgan fingerprint density at radius 2 is 1.70 bits per heavy atom. The summed E-state index contributed by atoms with van der Waals surface area (Å²) < 4.78 is 1.55. The van der Waals surface area contributed by atoms with Crippen molar-refractivity contribution in [1.29, 1.82) is 10.8 Å². The van der Waals surface area contributed by atoms with Gasteiger partial charge in [-0.1, -0.05) is 12.1 Å². The molecule has 0 unspecified atom stereocenters. The van der Waals surface area contributed by atoms with E-state index < -0.39 is 0 Å². The number of fused-ring (bicyclic) bond motifs is 1. The molecule has 33 heavy (non-hydrogen) atoms. The van der Waals surface area contributed by atoms with Gasteiger partial charge in [-0.25, -0.2) is 4.79 Å². The molecule has 0 aliphatic carbocycles. The molecule has 2 heterocycles. The van der Waals surface area contributed by atoms with Gasteiger partial charge in [0.1, 0.15) is 5.65 Å². The van der Waals surface area contributed by atoms with Gasteiger partial charge in [0.05, 0.1) is 5.69 Å². The molecule has 0 fully saturated rings. The molecule has 0 radical (unpaired) electrons. The van der Waals surface area contributed by atoms with Crippen molar-refractivity contribution in [2.75, 3.05) is 26.2 Å². The molecule has 0 atom stereocenters. The molecule has 2 aromatic heterocycles. The Morgan fingerprint density at radius 3 is 2.27 bits per heavy atom. The maximum absolute atomic E-state index is 12.5. The van der Waals surface area contributed by atoms with E-state index in [1.54, 1.807) is 10.8 Å². The van der Waals surface area contributed by atoms with Crippen molar-refractivity contribution < 1.29 is 0 Å². The molecule has 0 aliphatic rings. The largest absolute Gasteiger partial charge is 0.370 e. The van der Waals surface area contributed by atoms with Crippen LogP contribution in [0.1, 0.15) is 24.1 Å². The van der Waals surface area contributed by atoms with E-state index >= 15 is 0 Å². The van der Waals surface area contributed by atoms with Gasteiger partial charge >= 0.3 is 5.69 Å². The van der Waals surface area contributed by atoms with Gasteiger partial charge in [0.15, 0.2) is 11.9 Å². The zero-order chi connectivity index (χ0) is 23.8. The number of aromatic nitrogens is 3. The van der Waals surface area contributed by atoms with Crippen molar-refractivity contribution in [3.8, 4) is 5.69 Å². The monoisotopic (exact) mass is 452 g/mol. The highest BCUT2D eigenvalue weighted by atomic mass is 16.1. The summed E-state index contributed by atoms with van der Waals surface area (Å²) in [7, 11) is 0. The van der Waals surface area contributed by atoms with Crippen molar-refractivity contribution in [3.63, 3.8) is 0 Å². The molecule has 0 aliphatic heterocycles. The molecule has 0 saturated heterocycles. The summed E-state index contributed by atoms with van der Waals surface area (Å²) in [6.45, 7) is 5.60. The Kier molecular flexibility index (Phi) is 8.03. The van der Waals surface area contributed by atoms with Crippen LogP contribution >= 0.6 is 0 Å². The molecular formula is C22H32N10O. The van der Waals surface area contributed by atoms with E-state index in [4.69, 9.17) is 22.3 Å². The van der Waals surface area contributed by atoms with Crippen molar-refractivity contribution in [2.45, 2.75) is 26.3 Å². The van der Waals surface area contributed by atoms with Crippen molar-refractivity contribution in [2.24, 2.45) is 11.5 Å². The molecule has 11 heteroatoms. The minimum Gasteiger partial charge on any atom is -0.370 e. The minimum atomic E-state index is -0.324. The van der Waals surface area contributed by atoms with Crippen LogP contribution in [0.25, 0.3) is 16.7 Å². The fourth-order valence-electron chi connectivity index (χ4n) is 3.66. The fraction of sp³-hybridized carbons (Fsp3) is 0.364. The Morgan fingerprint density at radius 1 is 1.09 bits per heavy atom. The number of hydrogen-bond donors (Lipinski definition) is 7. The number of H-pyrrole nitrogens is 1. The molecule has 0 bridgehead atoms. The zero-order valence-corrected chi connectivity index (χ0v) is 18.8. The minimum absolute atomic E-state index is 0.0273. The molecular weight excluding hydrogens is 420 g/mol. The average molecular weight is 453 g/mol. The van der Waals surface area contributed by atoms with Crippen molar-refractivity contribution in [1.82, 2.24) is 30.1 Å². The first kappa shape index (κ1) is 23.8. The predicted molar refractivity (Wildman–Crippen MR) is 131 cm³/mol. The van der Waals surface area contributed by atoms with Gasteiger partial charge in [0, 0.05) is 50.0 Å². The second kappa shape index (κ2) is 11.1. The quantitative estimate of drug-likeness (QED) is 0.126. The lowest BCUT2D eigenvalue weighted by atomic mass is 10.1. The van der Waals surface area contributed by atoms with Crippen molar-refractivity contribution >= 4 is 23.0 Å². The Bertz CT molecular complexity index is 1130. The van der Waals surface area contributed by atoms with Gasteiger partial charge in [0.25, 0.3) is 0 Å². The van der Waals surface area contributed by atoms with Crippen LogP contribution in [0.2, 0.25) is 0 Å². The topological polar surface area (TPSA) is 178 Å². The molecule has 3 aromatic rings. The number of hydrogen-bond acceptors (Lipinski definition) is 5. The summed E-state index contributed by atoms with van der Waals surface area (Å²) in [5.41, 5.74) is 13.8. The first-order valence-electron chi connectivity index (χ1n) is 10.9. The Hall–Kier alpha value is -3.86. The lowest BCUT2D eigenvalue weighted by Crippen LogP contribution is -2.35. The second-order valence-corrected chi connectivity index (χ2v) is 7.98. The molecule has 1 aromatic carbocycles. The fourth-order valence-corrected chi connectivity index (χ4v) is 3.66. The normalized spacial score (nSPS) is 11.1. The SMILES string of the molecule is Cc1cc2cn(-c3ccc(CN(CCCNC(=N)N)CCCNC(=N)N)cc3)c(=O)nc2[nH]1. The number of rotatable bonds is 11. The molecule has 0 spiro atoms. The molecule has 0 saturated carbocycles. The van der Waals surface area contributed by atoms with E-state index in [2.05, 4.69) is 25.5 Å². The number of aromatic amines is 1. The van der Waals surface area contributed by atoms with Crippen LogP contribution in [-0.4, -0.2) is 57.5 Å². The zero-order valence-electron chi connectivity index (χ0n) is 18.8. The summed E-state index contributed by atoms with van der Waals surface area (Å²) in [5, 5.41) is 21.1. The van der Waals surface area contributed by atoms with Crippen LogP contribution in [-0.2, 0) is 6.54 Å². The standard InChI is InChI=1S/C22H32N10O/c1-15-12-17-14-32(22(33)30-19(17)29-15)18-6-4-16(5-7-18)13-31(10-2-8-27-20(23)24)11-3-9-28-21(25)26/h4-7,12,14H,2-3,8-11,13H2,1H3,(H4,23,24,27)(H4,25,26,28)(H,29,30,33). The third-order valence-corrected chi connectivity index (χ3v) is 5.20. The third kappa shape index (κ3) is 7.07. The predicted octanol–water partition coefficient (Wildman–Crippen LogP) is 0.571. The van der Waals surface area contributed by atoms with Crippen LogP contribution in [0.3, 0.4) is 0 Å². The highest BCUT2D eigenvalue weighted by Crippen LogP contribution is 2.15. The van der Waals surface area contributed by atoms with Crippen LogP contribution in [0, 0.1) is 17.7 Å². The van der Waals surface area contributed by atoms with Crippen molar-refractivity contribution in [3.05, 3.63) is 58.3 Å². The number of nitrogens with one attached hydrogen (secondary N) is 5. The highest BCUT2D eigenvalue weighted by Gasteiger charge is 2.09. The number of guanidine groups is 2. The summed E-state index contributed by atoms with van der Waals surface area (Å²) in [4.78, 5) is 22.0. The van der Waals surface area contributed by atoms with Gasteiger partial charge in [-0.15, -0.1) is 0 Å². The summed E-state index contributed by atoms with van der Waals surface area (Å²) in [6, 6.07) is 9.85. The van der Waals surface area contributed by atoms with E-state index in [9.17, 15) is 4.79 Å². The number of benzene rings is 1.